The largest absolute Gasteiger partial charge is 0.395 e. The van der Waals surface area contributed by atoms with Gasteiger partial charge in [-0.15, -0.1) is 11.3 Å². The van der Waals surface area contributed by atoms with Crippen LogP contribution in [0.15, 0.2) is 72.4 Å². The molecule has 0 unspecified atom stereocenters. The van der Waals surface area contributed by atoms with Crippen molar-refractivity contribution in [3.05, 3.63) is 83.5 Å². The maximum absolute atomic E-state index is 13.0. The van der Waals surface area contributed by atoms with Gasteiger partial charge in [0.25, 0.3) is 5.91 Å². The van der Waals surface area contributed by atoms with E-state index in [9.17, 15) is 9.90 Å². The molecule has 0 spiro atoms. The Morgan fingerprint density at radius 2 is 1.79 bits per heavy atom. The first kappa shape index (κ1) is 18.3. The number of fused-ring (bicyclic) bond motifs is 1. The number of hydrogen-bond donors (Lipinski definition) is 1. The van der Waals surface area contributed by atoms with Crippen LogP contribution >= 0.6 is 11.3 Å². The van der Waals surface area contributed by atoms with Gasteiger partial charge < -0.3 is 10.0 Å². The molecule has 28 heavy (non-hydrogen) atoms. The fourth-order valence-electron chi connectivity index (χ4n) is 3.09. The van der Waals surface area contributed by atoms with Crippen LogP contribution in [0.25, 0.3) is 21.5 Å². The molecule has 2 aromatic heterocycles. The summed E-state index contributed by atoms with van der Waals surface area (Å²) in [5.41, 5.74) is 4.14. The van der Waals surface area contributed by atoms with Gasteiger partial charge in [-0.3, -0.25) is 14.8 Å². The average molecular weight is 389 g/mol. The minimum absolute atomic E-state index is 0.0909. The van der Waals surface area contributed by atoms with E-state index in [1.54, 1.807) is 46.8 Å². The fourth-order valence-corrected chi connectivity index (χ4v) is 3.82. The summed E-state index contributed by atoms with van der Waals surface area (Å²) < 4.78 is 0. The van der Waals surface area contributed by atoms with E-state index in [-0.39, 0.29) is 19.1 Å². The van der Waals surface area contributed by atoms with Gasteiger partial charge in [0.2, 0.25) is 0 Å². The van der Waals surface area contributed by atoms with Crippen LogP contribution in [0.5, 0.6) is 0 Å². The molecule has 2 heterocycles. The van der Waals surface area contributed by atoms with E-state index in [1.807, 2.05) is 18.2 Å². The number of aliphatic hydroxyl groups is 1. The third-order valence-electron chi connectivity index (χ3n) is 4.51. The number of aliphatic hydroxyl groups excluding tert-OH is 1. The molecular formula is C22H19N3O2S. The molecule has 1 amide bonds. The monoisotopic (exact) mass is 389 g/mol. The molecule has 0 aliphatic heterocycles. The summed E-state index contributed by atoms with van der Waals surface area (Å²) in [5, 5.41) is 11.5. The topological polar surface area (TPSA) is 66.3 Å². The van der Waals surface area contributed by atoms with Gasteiger partial charge in [0, 0.05) is 35.9 Å². The lowest BCUT2D eigenvalue weighted by Gasteiger charge is -2.22. The van der Waals surface area contributed by atoms with Gasteiger partial charge >= 0.3 is 0 Å². The zero-order chi connectivity index (χ0) is 19.3. The van der Waals surface area contributed by atoms with Crippen LogP contribution in [-0.4, -0.2) is 39.0 Å². The smallest absolute Gasteiger partial charge is 0.254 e. The van der Waals surface area contributed by atoms with Crippen LogP contribution in [-0.2, 0) is 6.54 Å². The van der Waals surface area contributed by atoms with Gasteiger partial charge in [0.1, 0.15) is 0 Å². The van der Waals surface area contributed by atoms with Crippen LogP contribution in [0.3, 0.4) is 0 Å². The Bertz CT molecular complexity index is 1080. The number of hydrogen-bond acceptors (Lipinski definition) is 5. The second-order valence-corrected chi connectivity index (χ2v) is 7.33. The van der Waals surface area contributed by atoms with Crippen molar-refractivity contribution in [3.63, 3.8) is 0 Å². The number of amides is 1. The molecule has 1 N–H and O–H groups in total. The average Bonchev–Trinajstić information content (AvgIpc) is 3.28. The molecule has 0 radical (unpaired) electrons. The van der Waals surface area contributed by atoms with Crippen LogP contribution < -0.4 is 0 Å². The van der Waals surface area contributed by atoms with E-state index in [0.29, 0.717) is 17.6 Å². The maximum Gasteiger partial charge on any atom is 0.254 e. The van der Waals surface area contributed by atoms with Gasteiger partial charge in [-0.25, -0.2) is 0 Å². The first-order valence-corrected chi connectivity index (χ1v) is 9.86. The predicted octanol–water partition coefficient (Wildman–Crippen LogP) is 3.99. The van der Waals surface area contributed by atoms with Gasteiger partial charge in [-0.1, -0.05) is 30.3 Å². The summed E-state index contributed by atoms with van der Waals surface area (Å²) in [4.78, 5) is 24.4. The summed E-state index contributed by atoms with van der Waals surface area (Å²) in [7, 11) is 0. The van der Waals surface area contributed by atoms with Crippen molar-refractivity contribution in [2.75, 3.05) is 13.2 Å². The summed E-state index contributed by atoms with van der Waals surface area (Å²) in [6.45, 7) is 0.610. The van der Waals surface area contributed by atoms with Crippen molar-refractivity contribution in [2.45, 2.75) is 6.54 Å². The highest BCUT2D eigenvalue weighted by Crippen LogP contribution is 2.25. The van der Waals surface area contributed by atoms with Crippen LogP contribution in [0.1, 0.15) is 15.9 Å². The van der Waals surface area contributed by atoms with E-state index in [2.05, 4.69) is 33.5 Å². The van der Waals surface area contributed by atoms with E-state index in [0.717, 1.165) is 16.6 Å². The van der Waals surface area contributed by atoms with Gasteiger partial charge in [0.15, 0.2) is 0 Å². The Morgan fingerprint density at radius 3 is 2.50 bits per heavy atom. The lowest BCUT2D eigenvalue weighted by atomic mass is 10.1. The van der Waals surface area contributed by atoms with Crippen molar-refractivity contribution in [1.29, 1.82) is 0 Å². The molecule has 0 atom stereocenters. The van der Waals surface area contributed by atoms with E-state index in [4.69, 9.17) is 0 Å². The quantitative estimate of drug-likeness (QED) is 0.541. The maximum atomic E-state index is 13.0. The highest BCUT2D eigenvalue weighted by molar-refractivity contribution is 7.13. The Kier molecular flexibility index (Phi) is 5.41. The minimum Gasteiger partial charge on any atom is -0.395 e. The first-order chi connectivity index (χ1) is 13.7. The van der Waals surface area contributed by atoms with Gasteiger partial charge in [-0.2, -0.15) is 0 Å². The molecule has 140 valence electrons. The number of carbonyl (C=O) groups is 1. The normalized spacial score (nSPS) is 10.9. The van der Waals surface area contributed by atoms with Crippen LogP contribution in [0.4, 0.5) is 0 Å². The Morgan fingerprint density at radius 1 is 1.00 bits per heavy atom. The van der Waals surface area contributed by atoms with Crippen LogP contribution in [0.2, 0.25) is 0 Å². The van der Waals surface area contributed by atoms with Crippen molar-refractivity contribution in [3.8, 4) is 10.4 Å². The Labute approximate surface area is 166 Å². The number of aromatic nitrogens is 2. The molecule has 0 bridgehead atoms. The molecule has 5 nitrogen and oxygen atoms in total. The summed E-state index contributed by atoms with van der Waals surface area (Å²) in [6, 6.07) is 17.6. The second kappa shape index (κ2) is 8.29. The van der Waals surface area contributed by atoms with Crippen molar-refractivity contribution in [1.82, 2.24) is 14.9 Å². The predicted molar refractivity (Wildman–Crippen MR) is 111 cm³/mol. The second-order valence-electron chi connectivity index (χ2n) is 6.38. The van der Waals surface area contributed by atoms with Gasteiger partial charge in [-0.05, 0) is 40.8 Å². The summed E-state index contributed by atoms with van der Waals surface area (Å²) in [6.07, 6.45) is 3.24. The molecule has 0 saturated heterocycles. The lowest BCUT2D eigenvalue weighted by Crippen LogP contribution is -2.33. The standard InChI is InChI=1S/C22H19N3O2S/c26-12-11-25(15-16-3-5-17(6-4-16)21-2-1-13-28-21)22(27)18-7-8-19-20(14-18)24-10-9-23-19/h1-10,13-14,26H,11-12,15H2. The summed E-state index contributed by atoms with van der Waals surface area (Å²) >= 11 is 1.70. The third kappa shape index (κ3) is 3.93. The van der Waals surface area contributed by atoms with E-state index in [1.165, 1.54) is 4.88 Å². The molecule has 6 heteroatoms. The van der Waals surface area contributed by atoms with Crippen molar-refractivity contribution < 1.29 is 9.90 Å². The van der Waals surface area contributed by atoms with Crippen molar-refractivity contribution >= 4 is 28.3 Å². The Balaban J connectivity index is 1.55. The number of nitrogens with zero attached hydrogens (tertiary/aromatic N) is 3. The highest BCUT2D eigenvalue weighted by Gasteiger charge is 2.16. The SMILES string of the molecule is O=C(c1ccc2nccnc2c1)N(CCO)Cc1ccc(-c2cccs2)cc1. The van der Waals surface area contributed by atoms with E-state index >= 15 is 0 Å². The molecule has 0 aliphatic rings. The zero-order valence-electron chi connectivity index (χ0n) is 15.2. The van der Waals surface area contributed by atoms with Crippen molar-refractivity contribution in [2.24, 2.45) is 0 Å². The number of benzene rings is 2. The van der Waals surface area contributed by atoms with Crippen LogP contribution in [0, 0.1) is 0 Å². The molecule has 4 rings (SSSR count). The molecule has 2 aromatic carbocycles. The highest BCUT2D eigenvalue weighted by atomic mass is 32.1. The first-order valence-electron chi connectivity index (χ1n) is 8.98. The Hall–Kier alpha value is -3.09. The minimum atomic E-state index is -0.135. The molecule has 4 aromatic rings. The summed E-state index contributed by atoms with van der Waals surface area (Å²) in [5.74, 6) is -0.135. The molecule has 0 aliphatic carbocycles. The molecule has 0 saturated carbocycles. The fraction of sp³-hybridized carbons (Fsp3) is 0.136. The lowest BCUT2D eigenvalue weighted by molar-refractivity contribution is 0.0708. The number of carbonyl (C=O) groups excluding carboxylic acids is 1. The molecule has 0 fully saturated rings. The zero-order valence-corrected chi connectivity index (χ0v) is 16.0. The number of rotatable bonds is 6. The molecular weight excluding hydrogens is 370 g/mol. The van der Waals surface area contributed by atoms with Gasteiger partial charge in [0.05, 0.1) is 17.6 Å². The third-order valence-corrected chi connectivity index (χ3v) is 5.43. The number of thiophene rings is 1. The van der Waals surface area contributed by atoms with E-state index < -0.39 is 0 Å².